The number of carbonyl (C=O) groups is 2. The molecular weight excluding hydrogens is 453 g/mol. The molecule has 1 aromatic carbocycles. The van der Waals surface area contributed by atoms with E-state index in [1.54, 1.807) is 4.90 Å². The minimum Gasteiger partial charge on any atom is -0.410 e. The van der Waals surface area contributed by atoms with Crippen molar-refractivity contribution >= 4 is 29.5 Å². The van der Waals surface area contributed by atoms with Crippen molar-refractivity contribution in [2.75, 3.05) is 28.7 Å². The average molecular weight is 476 g/mol. The van der Waals surface area contributed by atoms with Crippen LogP contribution in [0.3, 0.4) is 0 Å². The van der Waals surface area contributed by atoms with Gasteiger partial charge >= 0.3 is 6.09 Å². The lowest BCUT2D eigenvalue weighted by molar-refractivity contribution is -0.119. The summed E-state index contributed by atoms with van der Waals surface area (Å²) in [5.74, 6) is -3.70. The van der Waals surface area contributed by atoms with Crippen molar-refractivity contribution < 1.29 is 27.5 Å². The molecule has 3 aliphatic rings. The number of aromatic nitrogens is 2. The molecule has 0 saturated heterocycles. The van der Waals surface area contributed by atoms with Crippen molar-refractivity contribution in [3.63, 3.8) is 0 Å². The number of ether oxygens (including phenoxy) is 1. The van der Waals surface area contributed by atoms with Crippen LogP contribution in [0.25, 0.3) is 0 Å². The molecule has 2 N–H and O–H groups in total. The van der Waals surface area contributed by atoms with Gasteiger partial charge in [-0.15, -0.1) is 0 Å². The molecule has 9 nitrogen and oxygen atoms in total. The van der Waals surface area contributed by atoms with E-state index >= 15 is 0 Å². The first-order valence-electron chi connectivity index (χ1n) is 11.1. The Kier molecular flexibility index (Phi) is 5.45. The second-order valence-corrected chi connectivity index (χ2v) is 8.79. The van der Waals surface area contributed by atoms with Crippen LogP contribution in [-0.4, -0.2) is 53.7 Å². The largest absolute Gasteiger partial charge is 0.412 e. The molecule has 2 aromatic rings. The Morgan fingerprint density at radius 3 is 2.56 bits per heavy atom. The van der Waals surface area contributed by atoms with Gasteiger partial charge in [-0.3, -0.25) is 4.79 Å². The summed E-state index contributed by atoms with van der Waals surface area (Å²) in [6, 6.07) is 0.689. The Bertz CT molecular complexity index is 1150. The fourth-order valence-electron chi connectivity index (χ4n) is 4.49. The Morgan fingerprint density at radius 1 is 1.15 bits per heavy atom. The van der Waals surface area contributed by atoms with Gasteiger partial charge in [0.15, 0.2) is 23.3 Å². The van der Waals surface area contributed by atoms with Crippen molar-refractivity contribution in [2.24, 2.45) is 0 Å². The smallest absolute Gasteiger partial charge is 0.410 e. The quantitative estimate of drug-likeness (QED) is 0.655. The summed E-state index contributed by atoms with van der Waals surface area (Å²) >= 11 is 0. The van der Waals surface area contributed by atoms with Crippen LogP contribution in [0.1, 0.15) is 31.9 Å². The number of hydrogen-bond acceptors (Lipinski definition) is 7. The van der Waals surface area contributed by atoms with Crippen LogP contribution in [0, 0.1) is 17.5 Å². The maximum Gasteiger partial charge on any atom is 0.412 e. The molecule has 2 amide bonds. The van der Waals surface area contributed by atoms with Crippen molar-refractivity contribution in [3.05, 3.63) is 35.3 Å². The van der Waals surface area contributed by atoms with Gasteiger partial charge in [-0.2, -0.15) is 4.98 Å². The minimum absolute atomic E-state index is 0.00362. The summed E-state index contributed by atoms with van der Waals surface area (Å²) in [6.07, 6.45) is 1.84. The molecule has 1 saturated carbocycles. The van der Waals surface area contributed by atoms with Crippen molar-refractivity contribution in [2.45, 2.75) is 50.7 Å². The Morgan fingerprint density at radius 2 is 1.85 bits per heavy atom. The number of benzene rings is 1. The zero-order valence-electron chi connectivity index (χ0n) is 18.6. The second kappa shape index (κ2) is 8.33. The third-order valence-corrected chi connectivity index (χ3v) is 6.50. The summed E-state index contributed by atoms with van der Waals surface area (Å²) < 4.78 is 44.4. The number of anilines is 3. The third kappa shape index (κ3) is 3.86. The van der Waals surface area contributed by atoms with Crippen LogP contribution in [0.5, 0.6) is 5.75 Å². The van der Waals surface area contributed by atoms with Gasteiger partial charge in [0.25, 0.3) is 0 Å². The van der Waals surface area contributed by atoms with Gasteiger partial charge in [0, 0.05) is 37.8 Å². The number of carbonyl (C=O) groups excluding carboxylic acids is 2. The lowest BCUT2D eigenvalue weighted by Gasteiger charge is -2.42. The van der Waals surface area contributed by atoms with Crippen molar-refractivity contribution in [3.8, 4) is 5.75 Å². The summed E-state index contributed by atoms with van der Waals surface area (Å²) in [4.78, 5) is 37.6. The molecule has 0 bridgehead atoms. The number of aryl methyl sites for hydroxylation is 1. The highest BCUT2D eigenvalue weighted by Crippen LogP contribution is 2.40. The molecule has 34 heavy (non-hydrogen) atoms. The first-order valence-corrected chi connectivity index (χ1v) is 11.1. The standard InChI is InChI=1S/C22H23F3N6O3/c1-10-20(32)31-5-3-4-16-18(31)19(30(10)2)29-21(28-16)26-11-6-12(7-11)27-22(33)34-13-8-14(23)17(25)15(24)9-13/h8-12H,3-7H2,1-2H3,(H,27,33)(H,26,28,29)/t10-,11?,12?/m0/s1. The molecule has 1 aromatic heterocycles. The molecule has 1 atom stereocenters. The highest BCUT2D eigenvalue weighted by molar-refractivity contribution is 6.05. The molecule has 180 valence electrons. The van der Waals surface area contributed by atoms with Gasteiger partial charge in [-0.25, -0.2) is 22.9 Å². The van der Waals surface area contributed by atoms with Gasteiger partial charge < -0.3 is 25.2 Å². The van der Waals surface area contributed by atoms with Gasteiger partial charge in [0.2, 0.25) is 11.9 Å². The number of rotatable bonds is 4. The van der Waals surface area contributed by atoms with Crippen LogP contribution in [0.2, 0.25) is 0 Å². The predicted octanol–water partition coefficient (Wildman–Crippen LogP) is 2.74. The predicted molar refractivity (Wildman–Crippen MR) is 116 cm³/mol. The molecule has 2 aliphatic heterocycles. The zero-order chi connectivity index (χ0) is 24.1. The van der Waals surface area contributed by atoms with Crippen LogP contribution >= 0.6 is 0 Å². The van der Waals surface area contributed by atoms with Crippen LogP contribution < -0.4 is 25.2 Å². The van der Waals surface area contributed by atoms with Crippen LogP contribution in [-0.2, 0) is 11.2 Å². The van der Waals surface area contributed by atoms with E-state index in [2.05, 4.69) is 20.6 Å². The molecule has 5 rings (SSSR count). The summed E-state index contributed by atoms with van der Waals surface area (Å²) in [5.41, 5.74) is 1.62. The first kappa shape index (κ1) is 22.2. The minimum atomic E-state index is -1.63. The van der Waals surface area contributed by atoms with Crippen LogP contribution in [0.15, 0.2) is 12.1 Å². The van der Waals surface area contributed by atoms with E-state index in [4.69, 9.17) is 4.74 Å². The lowest BCUT2D eigenvalue weighted by atomic mass is 9.87. The molecule has 1 aliphatic carbocycles. The van der Waals surface area contributed by atoms with E-state index in [0.717, 1.165) is 30.0 Å². The maximum atomic E-state index is 13.3. The number of halogens is 3. The van der Waals surface area contributed by atoms with Crippen molar-refractivity contribution in [1.82, 2.24) is 15.3 Å². The van der Waals surface area contributed by atoms with Gasteiger partial charge in [-0.05, 0) is 32.6 Å². The van der Waals surface area contributed by atoms with Gasteiger partial charge in [0.05, 0.1) is 5.69 Å². The molecule has 0 spiro atoms. The van der Waals surface area contributed by atoms with E-state index in [9.17, 15) is 22.8 Å². The molecular formula is C22H23F3N6O3. The topological polar surface area (TPSA) is 99.7 Å². The van der Waals surface area contributed by atoms with E-state index in [1.807, 2.05) is 18.9 Å². The molecule has 0 unspecified atom stereocenters. The number of nitrogens with zero attached hydrogens (tertiary/aromatic N) is 4. The Labute approximate surface area is 193 Å². The van der Waals surface area contributed by atoms with E-state index in [-0.39, 0.29) is 24.0 Å². The summed E-state index contributed by atoms with van der Waals surface area (Å²) in [5, 5.41) is 5.88. The summed E-state index contributed by atoms with van der Waals surface area (Å²) in [7, 11) is 1.84. The zero-order valence-corrected chi connectivity index (χ0v) is 18.6. The molecule has 3 heterocycles. The third-order valence-electron chi connectivity index (χ3n) is 6.50. The Balaban J connectivity index is 1.20. The number of hydrogen-bond donors (Lipinski definition) is 2. The maximum absolute atomic E-state index is 13.3. The first-order chi connectivity index (χ1) is 16.2. The monoisotopic (exact) mass is 476 g/mol. The average Bonchev–Trinajstić information content (AvgIpc) is 2.77. The fourth-order valence-corrected chi connectivity index (χ4v) is 4.49. The molecule has 12 heteroatoms. The van der Waals surface area contributed by atoms with Crippen LogP contribution in [0.4, 0.5) is 35.4 Å². The van der Waals surface area contributed by atoms with E-state index in [0.29, 0.717) is 37.5 Å². The number of likely N-dealkylation sites (N-methyl/N-ethyl adjacent to an activating group) is 1. The number of nitrogens with one attached hydrogen (secondary N) is 2. The van der Waals surface area contributed by atoms with Gasteiger partial charge in [0.1, 0.15) is 17.5 Å². The normalized spacial score (nSPS) is 23.2. The number of amides is 2. The Hall–Kier alpha value is -3.57. The molecule has 1 fully saturated rings. The second-order valence-electron chi connectivity index (χ2n) is 8.79. The lowest BCUT2D eigenvalue weighted by Crippen LogP contribution is -2.53. The fraction of sp³-hybridized carbons (Fsp3) is 0.455. The molecule has 0 radical (unpaired) electrons. The van der Waals surface area contributed by atoms with E-state index < -0.39 is 29.3 Å². The SMILES string of the molecule is C[C@H]1C(=O)N2CCCc3nc(NC4CC(NC(=O)Oc5cc(F)c(F)c(F)c5)C4)nc(c32)N1C. The van der Waals surface area contributed by atoms with Crippen molar-refractivity contribution in [1.29, 1.82) is 0 Å². The summed E-state index contributed by atoms with van der Waals surface area (Å²) in [6.45, 7) is 2.52. The van der Waals surface area contributed by atoms with E-state index in [1.165, 1.54) is 0 Å². The van der Waals surface area contributed by atoms with Gasteiger partial charge in [-0.1, -0.05) is 0 Å². The highest BCUT2D eigenvalue weighted by atomic mass is 19.2. The highest BCUT2D eigenvalue weighted by Gasteiger charge is 2.39.